The Labute approximate surface area is 80.9 Å². The first-order valence-electron chi connectivity index (χ1n) is 3.91. The summed E-state index contributed by atoms with van der Waals surface area (Å²) < 4.78 is 7.00. The molecule has 0 saturated carbocycles. The second-order valence-corrected chi connectivity index (χ2v) is 2.97. The van der Waals surface area contributed by atoms with Crippen LogP contribution in [0.3, 0.4) is 0 Å². The first-order valence-corrected chi connectivity index (χ1v) is 4.44. The van der Waals surface area contributed by atoms with Crippen LogP contribution in [0.25, 0.3) is 5.65 Å². The molecule has 0 bridgehead atoms. The summed E-state index contributed by atoms with van der Waals surface area (Å²) in [4.78, 5) is 4.29. The molecule has 0 unspecified atom stereocenters. The number of fused-ring (bicyclic) bond motifs is 1. The second kappa shape index (κ2) is 3.26. The zero-order valence-electron chi connectivity index (χ0n) is 7.20. The van der Waals surface area contributed by atoms with E-state index in [-0.39, 0.29) is 0 Å². The minimum Gasteiger partial charge on any atom is -0.497 e. The minimum absolute atomic E-state index is 0.435. The van der Waals surface area contributed by atoms with Gasteiger partial charge in [0.1, 0.15) is 11.4 Å². The SMILES string of the molecule is COc1ccn2cc(CCl)nc2c1. The van der Waals surface area contributed by atoms with Gasteiger partial charge in [0.05, 0.1) is 18.7 Å². The summed E-state index contributed by atoms with van der Waals surface area (Å²) in [5.41, 5.74) is 1.73. The van der Waals surface area contributed by atoms with Crippen molar-refractivity contribution in [3.8, 4) is 5.75 Å². The molecule has 0 aliphatic heterocycles. The number of nitrogens with zero attached hydrogens (tertiary/aromatic N) is 2. The molecule has 2 aromatic heterocycles. The molecule has 0 radical (unpaired) electrons. The van der Waals surface area contributed by atoms with Crippen LogP contribution in [0.4, 0.5) is 0 Å². The molecule has 13 heavy (non-hydrogen) atoms. The molecule has 0 aliphatic carbocycles. The van der Waals surface area contributed by atoms with E-state index in [1.807, 2.05) is 28.9 Å². The van der Waals surface area contributed by atoms with E-state index in [4.69, 9.17) is 16.3 Å². The van der Waals surface area contributed by atoms with Gasteiger partial charge in [0.2, 0.25) is 0 Å². The number of hydrogen-bond donors (Lipinski definition) is 0. The maximum absolute atomic E-state index is 5.66. The number of imidazole rings is 1. The van der Waals surface area contributed by atoms with Crippen molar-refractivity contribution in [2.75, 3.05) is 7.11 Å². The Kier molecular flexibility index (Phi) is 2.10. The van der Waals surface area contributed by atoms with Crippen LogP contribution < -0.4 is 4.74 Å². The van der Waals surface area contributed by atoms with Gasteiger partial charge in [0.15, 0.2) is 0 Å². The highest BCUT2D eigenvalue weighted by Gasteiger charge is 2.00. The van der Waals surface area contributed by atoms with E-state index in [2.05, 4.69) is 4.98 Å². The highest BCUT2D eigenvalue weighted by atomic mass is 35.5. The molecular weight excluding hydrogens is 188 g/mol. The van der Waals surface area contributed by atoms with E-state index in [0.29, 0.717) is 5.88 Å². The largest absolute Gasteiger partial charge is 0.497 e. The zero-order valence-corrected chi connectivity index (χ0v) is 7.95. The predicted molar refractivity (Wildman–Crippen MR) is 51.3 cm³/mol. The Morgan fingerprint density at radius 2 is 2.46 bits per heavy atom. The molecule has 0 atom stereocenters. The van der Waals surface area contributed by atoms with Crippen LogP contribution in [0.15, 0.2) is 24.5 Å². The molecule has 2 heterocycles. The minimum atomic E-state index is 0.435. The number of rotatable bonds is 2. The smallest absolute Gasteiger partial charge is 0.140 e. The van der Waals surface area contributed by atoms with Crippen LogP contribution in [0.2, 0.25) is 0 Å². The lowest BCUT2D eigenvalue weighted by atomic mass is 10.4. The van der Waals surface area contributed by atoms with E-state index in [9.17, 15) is 0 Å². The van der Waals surface area contributed by atoms with Gasteiger partial charge in [-0.05, 0) is 6.07 Å². The summed E-state index contributed by atoms with van der Waals surface area (Å²) in [6.07, 6.45) is 3.80. The zero-order chi connectivity index (χ0) is 9.26. The normalized spacial score (nSPS) is 10.6. The summed E-state index contributed by atoms with van der Waals surface area (Å²) in [6, 6.07) is 3.75. The molecule has 0 N–H and O–H groups in total. The first kappa shape index (κ1) is 8.38. The fourth-order valence-electron chi connectivity index (χ4n) is 1.21. The van der Waals surface area contributed by atoms with Crippen LogP contribution >= 0.6 is 11.6 Å². The third-order valence-electron chi connectivity index (χ3n) is 1.85. The highest BCUT2D eigenvalue weighted by molar-refractivity contribution is 6.16. The molecule has 4 heteroatoms. The summed E-state index contributed by atoms with van der Waals surface area (Å²) >= 11 is 5.66. The summed E-state index contributed by atoms with van der Waals surface area (Å²) in [6.45, 7) is 0. The fraction of sp³-hybridized carbons (Fsp3) is 0.222. The van der Waals surface area contributed by atoms with Crippen molar-refractivity contribution >= 4 is 17.2 Å². The number of methoxy groups -OCH3 is 1. The van der Waals surface area contributed by atoms with Crippen LogP contribution in [-0.2, 0) is 5.88 Å². The van der Waals surface area contributed by atoms with E-state index >= 15 is 0 Å². The Morgan fingerprint density at radius 1 is 1.62 bits per heavy atom. The third-order valence-corrected chi connectivity index (χ3v) is 2.13. The summed E-state index contributed by atoms with van der Waals surface area (Å²) in [5.74, 6) is 1.24. The number of pyridine rings is 1. The quantitative estimate of drug-likeness (QED) is 0.688. The lowest BCUT2D eigenvalue weighted by Gasteiger charge is -1.98. The predicted octanol–water partition coefficient (Wildman–Crippen LogP) is 2.08. The van der Waals surface area contributed by atoms with Gasteiger partial charge in [-0.1, -0.05) is 0 Å². The molecule has 0 saturated heterocycles. The van der Waals surface area contributed by atoms with Gasteiger partial charge >= 0.3 is 0 Å². The van der Waals surface area contributed by atoms with Gasteiger partial charge in [0, 0.05) is 18.5 Å². The lowest BCUT2D eigenvalue weighted by molar-refractivity contribution is 0.414. The van der Waals surface area contributed by atoms with Gasteiger partial charge < -0.3 is 9.14 Å². The van der Waals surface area contributed by atoms with Gasteiger partial charge in [-0.15, -0.1) is 11.6 Å². The second-order valence-electron chi connectivity index (χ2n) is 2.70. The Hall–Kier alpha value is -1.22. The molecule has 68 valence electrons. The average molecular weight is 197 g/mol. The maximum Gasteiger partial charge on any atom is 0.140 e. The van der Waals surface area contributed by atoms with E-state index in [1.165, 1.54) is 0 Å². The van der Waals surface area contributed by atoms with E-state index < -0.39 is 0 Å². The standard InChI is InChI=1S/C9H9ClN2O/c1-13-8-2-3-12-6-7(5-10)11-9(12)4-8/h2-4,6H,5H2,1H3. The number of aromatic nitrogens is 2. The van der Waals surface area contributed by atoms with Crippen LogP contribution in [0.1, 0.15) is 5.69 Å². The van der Waals surface area contributed by atoms with Crippen molar-refractivity contribution in [1.29, 1.82) is 0 Å². The van der Waals surface area contributed by atoms with Crippen LogP contribution in [-0.4, -0.2) is 16.5 Å². The molecule has 0 spiro atoms. The number of hydrogen-bond acceptors (Lipinski definition) is 2. The Bertz CT molecular complexity index is 422. The van der Waals surface area contributed by atoms with Crippen molar-refractivity contribution in [3.63, 3.8) is 0 Å². The molecule has 0 amide bonds. The van der Waals surface area contributed by atoms with Crippen molar-refractivity contribution in [2.45, 2.75) is 5.88 Å². The third kappa shape index (κ3) is 1.47. The monoisotopic (exact) mass is 196 g/mol. The fourth-order valence-corrected chi connectivity index (χ4v) is 1.34. The van der Waals surface area contributed by atoms with Crippen molar-refractivity contribution in [2.24, 2.45) is 0 Å². The molecular formula is C9H9ClN2O. The number of alkyl halides is 1. The maximum atomic E-state index is 5.66. The van der Waals surface area contributed by atoms with Gasteiger partial charge in [-0.3, -0.25) is 0 Å². The van der Waals surface area contributed by atoms with E-state index in [1.54, 1.807) is 7.11 Å². The van der Waals surface area contributed by atoms with Crippen molar-refractivity contribution < 1.29 is 4.74 Å². The molecule has 3 nitrogen and oxygen atoms in total. The lowest BCUT2D eigenvalue weighted by Crippen LogP contribution is -1.86. The molecule has 0 aromatic carbocycles. The summed E-state index contributed by atoms with van der Waals surface area (Å²) in [7, 11) is 1.64. The van der Waals surface area contributed by atoms with Gasteiger partial charge in [-0.25, -0.2) is 4.98 Å². The van der Waals surface area contributed by atoms with E-state index in [0.717, 1.165) is 17.1 Å². The van der Waals surface area contributed by atoms with Gasteiger partial charge in [-0.2, -0.15) is 0 Å². The molecule has 0 fully saturated rings. The van der Waals surface area contributed by atoms with Crippen LogP contribution in [0, 0.1) is 0 Å². The average Bonchev–Trinajstić information content (AvgIpc) is 2.58. The topological polar surface area (TPSA) is 26.5 Å². The van der Waals surface area contributed by atoms with Gasteiger partial charge in [0.25, 0.3) is 0 Å². The van der Waals surface area contributed by atoms with Crippen LogP contribution in [0.5, 0.6) is 5.75 Å². The molecule has 0 aliphatic rings. The Morgan fingerprint density at radius 3 is 3.15 bits per heavy atom. The highest BCUT2D eigenvalue weighted by Crippen LogP contribution is 2.14. The molecule has 2 aromatic rings. The Balaban J connectivity index is 2.57. The molecule has 2 rings (SSSR count). The summed E-state index contributed by atoms with van der Waals surface area (Å²) in [5, 5.41) is 0. The first-order chi connectivity index (χ1) is 6.33. The van der Waals surface area contributed by atoms with Crippen molar-refractivity contribution in [3.05, 3.63) is 30.2 Å². The number of halogens is 1. The van der Waals surface area contributed by atoms with Crippen molar-refractivity contribution in [1.82, 2.24) is 9.38 Å². The number of ether oxygens (including phenoxy) is 1.